The van der Waals surface area contributed by atoms with Gasteiger partial charge in [-0.05, 0) is 29.7 Å². The molecule has 1 aliphatic rings. The molecular formula is C10H11NO3S. The van der Waals surface area contributed by atoms with Gasteiger partial charge in [0, 0.05) is 6.92 Å². The van der Waals surface area contributed by atoms with Crippen LogP contribution in [-0.2, 0) is 4.79 Å². The molecule has 0 unspecified atom stereocenters. The highest BCUT2D eigenvalue weighted by Crippen LogP contribution is 2.45. The van der Waals surface area contributed by atoms with Crippen molar-refractivity contribution in [2.45, 2.75) is 25.7 Å². The third kappa shape index (κ3) is 2.02. The van der Waals surface area contributed by atoms with Crippen LogP contribution < -0.4 is 5.32 Å². The lowest BCUT2D eigenvalue weighted by atomic mass is 10.1. The molecule has 0 spiro atoms. The fourth-order valence-electron chi connectivity index (χ4n) is 1.54. The van der Waals surface area contributed by atoms with Gasteiger partial charge in [-0.3, -0.25) is 4.79 Å². The third-order valence-corrected chi connectivity index (χ3v) is 3.25. The quantitative estimate of drug-likeness (QED) is 0.829. The Labute approximate surface area is 90.9 Å². The second-order valence-corrected chi connectivity index (χ2v) is 4.54. The number of amides is 1. The Morgan fingerprint density at radius 3 is 2.67 bits per heavy atom. The average Bonchev–Trinajstić information content (AvgIpc) is 2.87. The molecule has 0 radical (unpaired) electrons. The number of anilines is 1. The molecule has 1 fully saturated rings. The van der Waals surface area contributed by atoms with Crippen molar-refractivity contribution in [1.82, 2.24) is 0 Å². The van der Waals surface area contributed by atoms with Crippen molar-refractivity contribution >= 4 is 28.2 Å². The summed E-state index contributed by atoms with van der Waals surface area (Å²) in [5.41, 5.74) is 1.15. The van der Waals surface area contributed by atoms with Crippen molar-refractivity contribution in [2.24, 2.45) is 0 Å². The fourth-order valence-corrected chi connectivity index (χ4v) is 2.62. The normalized spacial score (nSPS) is 15.0. The van der Waals surface area contributed by atoms with Crippen molar-refractivity contribution in [3.05, 3.63) is 16.5 Å². The van der Waals surface area contributed by atoms with Crippen LogP contribution >= 0.6 is 11.3 Å². The highest BCUT2D eigenvalue weighted by Gasteiger charge is 2.31. The summed E-state index contributed by atoms with van der Waals surface area (Å²) in [6.45, 7) is 1.38. The Balaban J connectivity index is 2.37. The molecule has 4 nitrogen and oxygen atoms in total. The monoisotopic (exact) mass is 225 g/mol. The number of carboxylic acid groups (broad SMARTS) is 1. The number of thiophene rings is 1. The molecule has 1 aliphatic carbocycles. The topological polar surface area (TPSA) is 66.4 Å². The van der Waals surface area contributed by atoms with Gasteiger partial charge in [-0.1, -0.05) is 0 Å². The summed E-state index contributed by atoms with van der Waals surface area (Å²) in [4.78, 5) is 22.0. The zero-order valence-corrected chi connectivity index (χ0v) is 9.06. The number of hydrogen-bond donors (Lipinski definition) is 2. The lowest BCUT2D eigenvalue weighted by Crippen LogP contribution is -2.09. The summed E-state index contributed by atoms with van der Waals surface area (Å²) < 4.78 is 0. The molecule has 0 bridgehead atoms. The minimum Gasteiger partial charge on any atom is -0.478 e. The van der Waals surface area contributed by atoms with E-state index < -0.39 is 5.97 Å². The van der Waals surface area contributed by atoms with Gasteiger partial charge < -0.3 is 10.4 Å². The number of nitrogens with one attached hydrogen (secondary N) is 1. The third-order valence-electron chi connectivity index (χ3n) is 2.34. The Bertz CT molecular complexity index is 420. The van der Waals surface area contributed by atoms with Crippen LogP contribution in [0.2, 0.25) is 0 Å². The fraction of sp³-hybridized carbons (Fsp3) is 0.400. The zero-order valence-electron chi connectivity index (χ0n) is 8.24. The van der Waals surface area contributed by atoms with E-state index in [-0.39, 0.29) is 11.5 Å². The zero-order chi connectivity index (χ0) is 11.0. The largest absolute Gasteiger partial charge is 0.478 e. The molecule has 1 heterocycles. The highest BCUT2D eigenvalue weighted by molar-refractivity contribution is 7.15. The van der Waals surface area contributed by atoms with Gasteiger partial charge in [-0.25, -0.2) is 4.79 Å². The molecule has 2 N–H and O–H groups in total. The summed E-state index contributed by atoms with van der Waals surface area (Å²) in [7, 11) is 0. The van der Waals surface area contributed by atoms with Crippen molar-refractivity contribution in [2.75, 3.05) is 5.32 Å². The van der Waals surface area contributed by atoms with E-state index in [2.05, 4.69) is 5.32 Å². The van der Waals surface area contributed by atoms with Crippen molar-refractivity contribution in [1.29, 1.82) is 0 Å². The maximum Gasteiger partial charge on any atom is 0.339 e. The van der Waals surface area contributed by atoms with Crippen molar-refractivity contribution in [3.8, 4) is 0 Å². The molecular weight excluding hydrogens is 214 g/mol. The summed E-state index contributed by atoms with van der Waals surface area (Å²) in [6.07, 6.45) is 2.10. The predicted octanol–water partition coefficient (Wildman–Crippen LogP) is 2.28. The van der Waals surface area contributed by atoms with Crippen LogP contribution in [0.15, 0.2) is 5.38 Å². The molecule has 1 aromatic heterocycles. The van der Waals surface area contributed by atoms with E-state index in [1.54, 1.807) is 0 Å². The van der Waals surface area contributed by atoms with E-state index in [0.29, 0.717) is 10.9 Å². The van der Waals surface area contributed by atoms with Gasteiger partial charge in [0.1, 0.15) is 5.00 Å². The summed E-state index contributed by atoms with van der Waals surface area (Å²) >= 11 is 1.29. The maximum absolute atomic E-state index is 11.1. The van der Waals surface area contributed by atoms with Gasteiger partial charge in [0.15, 0.2) is 0 Å². The van der Waals surface area contributed by atoms with E-state index >= 15 is 0 Å². The Morgan fingerprint density at radius 2 is 2.20 bits per heavy atom. The molecule has 2 rings (SSSR count). The van der Waals surface area contributed by atoms with E-state index in [1.807, 2.05) is 5.38 Å². The molecule has 80 valence electrons. The number of carbonyl (C=O) groups is 2. The Kier molecular flexibility index (Phi) is 2.48. The number of hydrogen-bond acceptors (Lipinski definition) is 3. The van der Waals surface area contributed by atoms with Crippen LogP contribution in [0, 0.1) is 0 Å². The van der Waals surface area contributed by atoms with Crippen LogP contribution in [0.5, 0.6) is 0 Å². The van der Waals surface area contributed by atoms with E-state index in [9.17, 15) is 9.59 Å². The Hall–Kier alpha value is -1.36. The number of carboxylic acids is 1. The second-order valence-electron chi connectivity index (χ2n) is 3.66. The maximum atomic E-state index is 11.1. The predicted molar refractivity (Wildman–Crippen MR) is 57.6 cm³/mol. The van der Waals surface area contributed by atoms with Crippen molar-refractivity contribution in [3.63, 3.8) is 0 Å². The van der Waals surface area contributed by atoms with Crippen LogP contribution in [0.3, 0.4) is 0 Å². The SMILES string of the molecule is CC(=O)Nc1scc(C2CC2)c1C(=O)O. The minimum absolute atomic E-state index is 0.235. The van der Waals surface area contributed by atoms with E-state index in [4.69, 9.17) is 5.11 Å². The number of carbonyl (C=O) groups excluding carboxylic acids is 1. The first kappa shape index (κ1) is 10.2. The number of rotatable bonds is 3. The molecule has 0 atom stereocenters. The van der Waals surface area contributed by atoms with Gasteiger partial charge in [-0.15, -0.1) is 11.3 Å². The van der Waals surface area contributed by atoms with E-state index in [1.165, 1.54) is 18.3 Å². The molecule has 1 amide bonds. The van der Waals surface area contributed by atoms with Crippen LogP contribution in [0.4, 0.5) is 5.00 Å². The summed E-state index contributed by atoms with van der Waals surface area (Å²) in [5.74, 6) is -0.807. The van der Waals surface area contributed by atoms with Gasteiger partial charge >= 0.3 is 5.97 Å². The highest BCUT2D eigenvalue weighted by atomic mass is 32.1. The standard InChI is InChI=1S/C10H11NO3S/c1-5(12)11-9-8(10(13)14)7(4-15-9)6-2-3-6/h4,6H,2-3H2,1H3,(H,11,12)(H,13,14). The second kappa shape index (κ2) is 3.66. The summed E-state index contributed by atoms with van der Waals surface area (Å²) in [5, 5.41) is 13.9. The first-order valence-corrected chi connectivity index (χ1v) is 5.60. The molecule has 15 heavy (non-hydrogen) atoms. The molecule has 5 heteroatoms. The minimum atomic E-state index is -0.957. The van der Waals surface area contributed by atoms with Gasteiger partial charge in [0.2, 0.25) is 5.91 Å². The van der Waals surface area contributed by atoms with Crippen LogP contribution in [0.1, 0.15) is 41.6 Å². The average molecular weight is 225 g/mol. The van der Waals surface area contributed by atoms with Crippen LogP contribution in [-0.4, -0.2) is 17.0 Å². The van der Waals surface area contributed by atoms with Crippen LogP contribution in [0.25, 0.3) is 0 Å². The first-order chi connectivity index (χ1) is 7.09. The summed E-state index contributed by atoms with van der Waals surface area (Å²) in [6, 6.07) is 0. The van der Waals surface area contributed by atoms with E-state index in [0.717, 1.165) is 18.4 Å². The van der Waals surface area contributed by atoms with Gasteiger partial charge in [0.25, 0.3) is 0 Å². The van der Waals surface area contributed by atoms with Gasteiger partial charge in [-0.2, -0.15) is 0 Å². The number of aromatic carboxylic acids is 1. The molecule has 0 saturated heterocycles. The molecule has 1 aromatic rings. The molecule has 0 aromatic carbocycles. The molecule has 0 aliphatic heterocycles. The Morgan fingerprint density at radius 1 is 1.53 bits per heavy atom. The smallest absolute Gasteiger partial charge is 0.339 e. The molecule has 1 saturated carbocycles. The van der Waals surface area contributed by atoms with Crippen molar-refractivity contribution < 1.29 is 14.7 Å². The first-order valence-electron chi connectivity index (χ1n) is 4.72. The lowest BCUT2D eigenvalue weighted by Gasteiger charge is -2.02. The lowest BCUT2D eigenvalue weighted by molar-refractivity contribution is -0.114. The van der Waals surface area contributed by atoms with Gasteiger partial charge in [0.05, 0.1) is 5.56 Å².